The molecule has 2 bridgehead atoms. The number of esters is 1. The molecule has 2 fully saturated rings. The maximum absolute atomic E-state index is 12.8. The van der Waals surface area contributed by atoms with Crippen LogP contribution in [0.25, 0.3) is 0 Å². The molecule has 4 atom stereocenters. The molecular formula is C15H18O4. The van der Waals surface area contributed by atoms with Crippen molar-refractivity contribution in [1.29, 1.82) is 0 Å². The van der Waals surface area contributed by atoms with E-state index < -0.39 is 16.9 Å². The number of fused-ring (bicyclic) bond motifs is 1. The van der Waals surface area contributed by atoms with Crippen LogP contribution in [0.4, 0.5) is 0 Å². The van der Waals surface area contributed by atoms with Crippen molar-refractivity contribution in [1.82, 2.24) is 0 Å². The zero-order valence-corrected chi connectivity index (χ0v) is 11.1. The zero-order chi connectivity index (χ0) is 13.7. The summed E-state index contributed by atoms with van der Waals surface area (Å²) in [5, 5.41) is 0. The molecule has 1 heterocycles. The van der Waals surface area contributed by atoms with Gasteiger partial charge in [-0.2, -0.15) is 0 Å². The average Bonchev–Trinajstić information content (AvgIpc) is 3.18. The molecular weight excluding hydrogens is 244 g/mol. The van der Waals surface area contributed by atoms with Crippen molar-refractivity contribution in [3.8, 4) is 0 Å². The van der Waals surface area contributed by atoms with Crippen molar-refractivity contribution in [2.24, 2.45) is 17.3 Å². The molecule has 4 heteroatoms. The van der Waals surface area contributed by atoms with E-state index in [9.17, 15) is 9.59 Å². The smallest absolute Gasteiger partial charge is 0.310 e. The summed E-state index contributed by atoms with van der Waals surface area (Å²) in [4.78, 5) is 24.9. The van der Waals surface area contributed by atoms with Crippen molar-refractivity contribution < 1.29 is 19.1 Å². The topological polar surface area (TPSA) is 55.9 Å². The summed E-state index contributed by atoms with van der Waals surface area (Å²) >= 11 is 0. The molecule has 4 nitrogen and oxygen atoms in total. The highest BCUT2D eigenvalue weighted by Gasteiger charge is 2.70. The average molecular weight is 262 g/mol. The number of hydrogen-bond donors (Lipinski definition) is 0. The van der Waals surface area contributed by atoms with Crippen LogP contribution in [0.2, 0.25) is 0 Å². The minimum absolute atomic E-state index is 0.0149. The Morgan fingerprint density at radius 1 is 1.68 bits per heavy atom. The first-order valence-corrected chi connectivity index (χ1v) is 6.76. The molecule has 0 radical (unpaired) electrons. The summed E-state index contributed by atoms with van der Waals surface area (Å²) in [6.07, 6.45) is 6.72. The van der Waals surface area contributed by atoms with Crippen LogP contribution in [-0.2, 0) is 19.1 Å². The Kier molecular flexibility index (Phi) is 2.68. The highest BCUT2D eigenvalue weighted by atomic mass is 16.6. The number of ketones is 1. The van der Waals surface area contributed by atoms with Gasteiger partial charge in [-0.05, 0) is 19.8 Å². The van der Waals surface area contributed by atoms with Crippen molar-refractivity contribution >= 4 is 11.8 Å². The van der Waals surface area contributed by atoms with Gasteiger partial charge in [0.25, 0.3) is 0 Å². The van der Waals surface area contributed by atoms with Crippen LogP contribution >= 0.6 is 0 Å². The number of rotatable bonds is 4. The number of Topliss-reactive ketones (excluding diaryl/α,β-unsaturated/α-hetero) is 1. The maximum Gasteiger partial charge on any atom is 0.310 e. The van der Waals surface area contributed by atoms with Gasteiger partial charge in [0.05, 0.1) is 24.5 Å². The van der Waals surface area contributed by atoms with Crippen LogP contribution in [0, 0.1) is 17.3 Å². The van der Waals surface area contributed by atoms with Gasteiger partial charge >= 0.3 is 5.97 Å². The fourth-order valence-electron chi connectivity index (χ4n) is 3.60. The summed E-state index contributed by atoms with van der Waals surface area (Å²) in [7, 11) is 0. The second-order valence-corrected chi connectivity index (χ2v) is 5.55. The fourth-order valence-corrected chi connectivity index (χ4v) is 3.60. The fraction of sp³-hybridized carbons (Fsp3) is 0.600. The van der Waals surface area contributed by atoms with Crippen molar-refractivity contribution in [2.45, 2.75) is 25.4 Å². The monoisotopic (exact) mass is 262 g/mol. The second-order valence-electron chi connectivity index (χ2n) is 5.55. The van der Waals surface area contributed by atoms with Gasteiger partial charge in [0, 0.05) is 5.92 Å². The van der Waals surface area contributed by atoms with E-state index in [1.165, 1.54) is 0 Å². The molecule has 1 saturated carbocycles. The molecule has 0 aromatic carbocycles. The molecule has 0 amide bonds. The number of epoxide rings is 1. The summed E-state index contributed by atoms with van der Waals surface area (Å²) in [6.45, 7) is 6.33. The van der Waals surface area contributed by atoms with Crippen LogP contribution in [-0.4, -0.2) is 30.6 Å². The predicted molar refractivity (Wildman–Crippen MR) is 68.3 cm³/mol. The minimum Gasteiger partial charge on any atom is -0.466 e. The quantitative estimate of drug-likeness (QED) is 0.439. The molecule has 3 aliphatic carbocycles. The Hall–Kier alpha value is -1.42. The number of ether oxygens (including phenoxy) is 2. The summed E-state index contributed by atoms with van der Waals surface area (Å²) < 4.78 is 10.6. The summed E-state index contributed by atoms with van der Waals surface area (Å²) in [6, 6.07) is 0. The van der Waals surface area contributed by atoms with Crippen molar-refractivity contribution in [3.05, 3.63) is 24.8 Å². The SMILES string of the molecule is C=CCC12C=CC(CC1C(=O)OCC)C1(CO1)C2=O. The lowest BCUT2D eigenvalue weighted by atomic mass is 9.53. The third-order valence-corrected chi connectivity index (χ3v) is 4.65. The summed E-state index contributed by atoms with van der Waals surface area (Å²) in [5.74, 6) is -0.622. The van der Waals surface area contributed by atoms with Gasteiger partial charge in [-0.3, -0.25) is 9.59 Å². The van der Waals surface area contributed by atoms with Crippen LogP contribution in [0.3, 0.4) is 0 Å². The molecule has 4 aliphatic rings. The molecule has 0 aromatic heterocycles. The van der Waals surface area contributed by atoms with Crippen molar-refractivity contribution in [3.63, 3.8) is 0 Å². The molecule has 4 unspecified atom stereocenters. The Morgan fingerprint density at radius 2 is 2.42 bits per heavy atom. The van der Waals surface area contributed by atoms with Crippen molar-refractivity contribution in [2.75, 3.05) is 13.2 Å². The standard InChI is InChI=1S/C15H18O4/c1-3-6-14-7-5-10(15(9-19-15)13(14)17)8-11(14)12(16)18-4-2/h3,5,7,10-11H,1,4,6,8-9H2,2H3. The third-order valence-electron chi connectivity index (χ3n) is 4.65. The van der Waals surface area contributed by atoms with E-state index in [1.807, 2.05) is 12.2 Å². The van der Waals surface area contributed by atoms with E-state index in [2.05, 4.69) is 6.58 Å². The predicted octanol–water partition coefficient (Wildman–Crippen LogP) is 1.66. The van der Waals surface area contributed by atoms with Gasteiger partial charge in [0.2, 0.25) is 0 Å². The van der Waals surface area contributed by atoms with E-state index >= 15 is 0 Å². The van der Waals surface area contributed by atoms with E-state index in [0.29, 0.717) is 26.1 Å². The minimum atomic E-state index is -0.806. The van der Waals surface area contributed by atoms with Gasteiger partial charge < -0.3 is 9.47 Å². The number of allylic oxidation sites excluding steroid dienone is 2. The molecule has 1 saturated heterocycles. The lowest BCUT2D eigenvalue weighted by Crippen LogP contribution is -2.58. The first-order valence-electron chi connectivity index (χ1n) is 6.76. The maximum atomic E-state index is 12.8. The normalized spacial score (nSPS) is 42.5. The lowest BCUT2D eigenvalue weighted by Gasteiger charge is -2.48. The van der Waals surface area contributed by atoms with Gasteiger partial charge in [-0.15, -0.1) is 6.58 Å². The lowest BCUT2D eigenvalue weighted by molar-refractivity contribution is -0.163. The summed E-state index contributed by atoms with van der Waals surface area (Å²) in [5.41, 5.74) is -1.46. The molecule has 1 spiro atoms. The van der Waals surface area contributed by atoms with Crippen LogP contribution in [0.1, 0.15) is 19.8 Å². The first kappa shape index (κ1) is 12.6. The van der Waals surface area contributed by atoms with E-state index in [1.54, 1.807) is 13.0 Å². The zero-order valence-electron chi connectivity index (χ0n) is 11.1. The van der Waals surface area contributed by atoms with Gasteiger partial charge in [-0.1, -0.05) is 18.2 Å². The molecule has 102 valence electrons. The largest absolute Gasteiger partial charge is 0.466 e. The molecule has 0 aromatic rings. The highest BCUT2D eigenvalue weighted by molar-refractivity contribution is 6.02. The molecule has 4 rings (SSSR count). The van der Waals surface area contributed by atoms with Gasteiger partial charge in [0.1, 0.15) is 0 Å². The van der Waals surface area contributed by atoms with E-state index in [0.717, 1.165) is 0 Å². The highest BCUT2D eigenvalue weighted by Crippen LogP contribution is 2.59. The Morgan fingerprint density at radius 3 is 3.00 bits per heavy atom. The Balaban J connectivity index is 2.00. The first-order chi connectivity index (χ1) is 9.10. The van der Waals surface area contributed by atoms with Gasteiger partial charge in [0.15, 0.2) is 11.4 Å². The van der Waals surface area contributed by atoms with Crippen LogP contribution < -0.4 is 0 Å². The number of hydrogen-bond acceptors (Lipinski definition) is 4. The molecule has 0 N–H and O–H groups in total. The number of carbonyl (C=O) groups is 2. The second kappa shape index (κ2) is 4.04. The Labute approximate surface area is 112 Å². The molecule has 1 aliphatic heterocycles. The van der Waals surface area contributed by atoms with Crippen LogP contribution in [0.5, 0.6) is 0 Å². The third kappa shape index (κ3) is 1.49. The van der Waals surface area contributed by atoms with Crippen LogP contribution in [0.15, 0.2) is 24.8 Å². The Bertz CT molecular complexity index is 475. The van der Waals surface area contributed by atoms with E-state index in [-0.39, 0.29) is 17.7 Å². The number of carbonyl (C=O) groups excluding carboxylic acids is 2. The van der Waals surface area contributed by atoms with E-state index in [4.69, 9.17) is 9.47 Å². The van der Waals surface area contributed by atoms with Gasteiger partial charge in [-0.25, -0.2) is 0 Å². The molecule has 19 heavy (non-hydrogen) atoms.